The monoisotopic (exact) mass is 632 g/mol. The van der Waals surface area contributed by atoms with Gasteiger partial charge < -0.3 is 10.3 Å². The van der Waals surface area contributed by atoms with Crippen LogP contribution in [0.1, 0.15) is 22.9 Å². The van der Waals surface area contributed by atoms with Gasteiger partial charge in [0.05, 0.1) is 40.1 Å². The van der Waals surface area contributed by atoms with Gasteiger partial charge in [-0.1, -0.05) is 6.07 Å². The average molecular weight is 633 g/mol. The summed E-state index contributed by atoms with van der Waals surface area (Å²) in [5, 5.41) is 7.61. The topological polar surface area (TPSA) is 88.5 Å². The van der Waals surface area contributed by atoms with Crippen LogP contribution >= 0.6 is 23.7 Å². The van der Waals surface area contributed by atoms with Crippen molar-refractivity contribution >= 4 is 61.7 Å². The number of benzene rings is 3. The molecule has 0 bridgehead atoms. The summed E-state index contributed by atoms with van der Waals surface area (Å²) in [6, 6.07) is 13.9. The molecule has 7 nitrogen and oxygen atoms in total. The molecule has 4 aromatic heterocycles. The number of aromatic nitrogens is 5. The maximum Gasteiger partial charge on any atom is 0.225 e. The molecule has 1 atom stereocenters. The largest absolute Gasteiger partial charge is 0.361 e. The van der Waals surface area contributed by atoms with E-state index in [1.165, 1.54) is 41.8 Å². The van der Waals surface area contributed by atoms with Crippen molar-refractivity contribution in [2.24, 2.45) is 0 Å². The molecule has 1 amide bonds. The van der Waals surface area contributed by atoms with E-state index >= 15 is 0 Å². The van der Waals surface area contributed by atoms with E-state index in [0.717, 1.165) is 20.4 Å². The molecule has 0 saturated carbocycles. The molecule has 7 aromatic rings. The second kappa shape index (κ2) is 11.4. The molecule has 4 heterocycles. The van der Waals surface area contributed by atoms with Crippen LogP contribution in [0.15, 0.2) is 78.6 Å². The number of fused-ring (bicyclic) bond motifs is 3. The van der Waals surface area contributed by atoms with E-state index in [4.69, 9.17) is 4.98 Å². The zero-order valence-corrected chi connectivity index (χ0v) is 24.2. The van der Waals surface area contributed by atoms with Crippen LogP contribution in [0, 0.1) is 17.5 Å². The Kier molecular flexibility index (Phi) is 7.26. The van der Waals surface area contributed by atoms with Crippen molar-refractivity contribution in [2.75, 3.05) is 0 Å². The molecule has 220 valence electrons. The Labute approximate surface area is 255 Å². The number of hydrogen-bond acceptors (Lipinski definition) is 6. The molecule has 13 heteroatoms. The van der Waals surface area contributed by atoms with Crippen molar-refractivity contribution in [3.05, 3.63) is 113 Å². The highest BCUT2D eigenvalue weighted by atomic mass is 32.2. The number of nitrogens with zero attached hydrogens (tertiary/aromatic N) is 4. The smallest absolute Gasteiger partial charge is 0.225 e. The highest BCUT2D eigenvalue weighted by Gasteiger charge is 2.25. The number of aromatic amines is 1. The van der Waals surface area contributed by atoms with E-state index in [1.54, 1.807) is 23.8 Å². The number of halogens is 4. The van der Waals surface area contributed by atoms with Crippen molar-refractivity contribution in [1.82, 2.24) is 29.5 Å². The van der Waals surface area contributed by atoms with Crippen LogP contribution in [0.5, 0.6) is 0 Å². The Bertz CT molecular complexity index is 2170. The van der Waals surface area contributed by atoms with Gasteiger partial charge in [-0.15, -0.1) is 15.2 Å². The number of thiazole rings is 1. The Morgan fingerprint density at radius 2 is 1.84 bits per heavy atom. The molecule has 2 N–H and O–H groups in total. The third kappa shape index (κ3) is 5.40. The minimum atomic E-state index is -0.877. The van der Waals surface area contributed by atoms with E-state index in [2.05, 4.69) is 20.4 Å². The number of rotatable bonds is 8. The summed E-state index contributed by atoms with van der Waals surface area (Å²) in [6.45, 7) is 0. The molecular formula is C31H20F4N6OS2. The Balaban J connectivity index is 1.34. The highest BCUT2D eigenvalue weighted by molar-refractivity contribution is 7.92. The fraction of sp³-hybridized carbons (Fsp3) is 0.0968. The summed E-state index contributed by atoms with van der Waals surface area (Å²) in [6.07, 6.45) is 2.93. The molecule has 7 rings (SSSR count). The van der Waals surface area contributed by atoms with Gasteiger partial charge in [0.25, 0.3) is 0 Å². The summed E-state index contributed by atoms with van der Waals surface area (Å²) in [4.78, 5) is 25.8. The predicted molar refractivity (Wildman–Crippen MR) is 163 cm³/mol. The number of H-pyrrole nitrogens is 1. The van der Waals surface area contributed by atoms with Crippen LogP contribution in [0.25, 0.3) is 43.3 Å². The van der Waals surface area contributed by atoms with Gasteiger partial charge in [0.1, 0.15) is 28.5 Å². The Morgan fingerprint density at radius 1 is 1.00 bits per heavy atom. The molecule has 3 aromatic carbocycles. The van der Waals surface area contributed by atoms with Crippen LogP contribution in [-0.4, -0.2) is 30.0 Å². The number of nitrogens with one attached hydrogen (secondary N) is 2. The van der Waals surface area contributed by atoms with Gasteiger partial charge in [0.15, 0.2) is 12.3 Å². The van der Waals surface area contributed by atoms with Crippen LogP contribution in [-0.2, 0) is 17.6 Å². The molecular weight excluding hydrogens is 613 g/mol. The first-order valence-electron chi connectivity index (χ1n) is 13.4. The lowest BCUT2D eigenvalue weighted by Crippen LogP contribution is -2.32. The second-order valence-electron chi connectivity index (χ2n) is 10.2. The van der Waals surface area contributed by atoms with Crippen molar-refractivity contribution in [2.45, 2.75) is 18.9 Å². The standard InChI is InChI=1S/C31H20F4N6OS2/c32-19-2-3-24-22(11-19)18(13-36-24)9-30(42)39-26(7-16-5-20(33)10-21(34)6-16)31-23(12-28-27(40-31)14-38-41(28)44-35)17-1-4-29-25(8-17)37-15-43-29/h1-6,8,10-15,26,36H,7,9H2,(H,39,42). The van der Waals surface area contributed by atoms with Crippen LogP contribution < -0.4 is 5.32 Å². The van der Waals surface area contributed by atoms with Crippen molar-refractivity contribution in [3.8, 4) is 11.1 Å². The summed E-state index contributed by atoms with van der Waals surface area (Å²) in [5.41, 5.74) is 6.41. The highest BCUT2D eigenvalue weighted by Crippen LogP contribution is 2.35. The molecule has 0 spiro atoms. The summed E-state index contributed by atoms with van der Waals surface area (Å²) >= 11 is 1.40. The van der Waals surface area contributed by atoms with Gasteiger partial charge >= 0.3 is 0 Å². The van der Waals surface area contributed by atoms with E-state index in [1.807, 2.05) is 18.2 Å². The second-order valence-corrected chi connectivity index (χ2v) is 11.6. The number of hydrogen-bond donors (Lipinski definition) is 2. The summed E-state index contributed by atoms with van der Waals surface area (Å²) in [5.74, 6) is -2.37. The lowest BCUT2D eigenvalue weighted by Gasteiger charge is -2.22. The quantitative estimate of drug-likeness (QED) is 0.168. The van der Waals surface area contributed by atoms with Gasteiger partial charge in [-0.25, -0.2) is 23.1 Å². The molecule has 0 saturated heterocycles. The molecule has 44 heavy (non-hydrogen) atoms. The van der Waals surface area contributed by atoms with Gasteiger partial charge in [0.2, 0.25) is 5.91 Å². The number of carbonyl (C=O) groups excluding carboxylic acids is 1. The van der Waals surface area contributed by atoms with Crippen molar-refractivity contribution in [1.29, 1.82) is 0 Å². The summed E-state index contributed by atoms with van der Waals surface area (Å²) in [7, 11) is 0. The van der Waals surface area contributed by atoms with E-state index in [0.29, 0.717) is 49.9 Å². The van der Waals surface area contributed by atoms with Crippen molar-refractivity contribution in [3.63, 3.8) is 0 Å². The minimum Gasteiger partial charge on any atom is -0.361 e. The zero-order chi connectivity index (χ0) is 30.4. The third-order valence-corrected chi connectivity index (χ3v) is 8.60. The average Bonchev–Trinajstić information content (AvgIpc) is 3.73. The molecule has 0 fully saturated rings. The fourth-order valence-corrected chi connectivity index (χ4v) is 6.38. The minimum absolute atomic E-state index is 0.0145. The van der Waals surface area contributed by atoms with E-state index in [9.17, 15) is 21.9 Å². The lowest BCUT2D eigenvalue weighted by molar-refractivity contribution is -0.121. The Morgan fingerprint density at radius 3 is 2.66 bits per heavy atom. The molecule has 0 aliphatic rings. The Hall–Kier alpha value is -4.75. The number of carbonyl (C=O) groups is 1. The van der Waals surface area contributed by atoms with E-state index < -0.39 is 29.4 Å². The lowest BCUT2D eigenvalue weighted by atomic mass is 9.94. The zero-order valence-electron chi connectivity index (χ0n) is 22.5. The maximum absolute atomic E-state index is 14.3. The molecule has 1 unspecified atom stereocenters. The van der Waals surface area contributed by atoms with Crippen LogP contribution in [0.2, 0.25) is 0 Å². The van der Waals surface area contributed by atoms with Gasteiger partial charge in [-0.3, -0.25) is 4.79 Å². The SMILES string of the molecule is O=C(Cc1c[nH]c2ccc(F)cc12)NC(Cc1cc(F)cc(F)c1)c1nc2cnn(SF)c2cc1-c1ccc2scnc2c1. The summed E-state index contributed by atoms with van der Waals surface area (Å²) < 4.78 is 58.3. The molecule has 0 radical (unpaired) electrons. The maximum atomic E-state index is 14.3. The first-order valence-corrected chi connectivity index (χ1v) is 14.9. The fourth-order valence-electron chi connectivity index (χ4n) is 5.42. The van der Waals surface area contributed by atoms with Crippen LogP contribution in [0.4, 0.5) is 17.1 Å². The first-order chi connectivity index (χ1) is 21.3. The van der Waals surface area contributed by atoms with Gasteiger partial charge in [-0.05, 0) is 71.6 Å². The van der Waals surface area contributed by atoms with E-state index in [-0.39, 0.29) is 25.2 Å². The van der Waals surface area contributed by atoms with Crippen LogP contribution in [0.3, 0.4) is 0 Å². The molecule has 0 aliphatic heterocycles. The normalized spacial score (nSPS) is 12.4. The van der Waals surface area contributed by atoms with Crippen molar-refractivity contribution < 1.29 is 21.9 Å². The predicted octanol–water partition coefficient (Wildman–Crippen LogP) is 7.63. The number of amides is 1. The van der Waals surface area contributed by atoms with Gasteiger partial charge in [0, 0.05) is 28.7 Å². The first kappa shape index (κ1) is 28.0. The molecule has 0 aliphatic carbocycles. The third-order valence-electron chi connectivity index (χ3n) is 7.37. The number of pyridine rings is 1. The van der Waals surface area contributed by atoms with Gasteiger partial charge in [-0.2, -0.15) is 9.19 Å².